The molecule has 0 saturated carbocycles. The van der Waals surface area contributed by atoms with Crippen LogP contribution in [0.1, 0.15) is 16.1 Å². The number of hydrogen-bond acceptors (Lipinski definition) is 4. The van der Waals surface area contributed by atoms with Gasteiger partial charge in [-0.05, 0) is 22.6 Å². The molecule has 0 aliphatic rings. The van der Waals surface area contributed by atoms with Gasteiger partial charge in [-0.15, -0.1) is 0 Å². The lowest BCUT2D eigenvalue weighted by atomic mass is 10.2. The Balaban J connectivity index is 1.92. The average Bonchev–Trinajstić information content (AvgIpc) is 3.02. The van der Waals surface area contributed by atoms with Crippen LogP contribution in [0.15, 0.2) is 54.6 Å². The lowest BCUT2D eigenvalue weighted by Gasteiger charge is -2.07. The predicted octanol–water partition coefficient (Wildman–Crippen LogP) is 3.37. The topological polar surface area (TPSA) is 90.1 Å². The molecule has 0 atom stereocenters. The first-order chi connectivity index (χ1) is 12.4. The summed E-state index contributed by atoms with van der Waals surface area (Å²) in [5.41, 5.74) is 0.406. The number of rotatable bonds is 5. The molecule has 0 saturated heterocycles. The lowest BCUT2D eigenvalue weighted by Crippen LogP contribution is -2.19. The number of anilines is 1. The summed E-state index contributed by atoms with van der Waals surface area (Å²) >= 11 is 0. The molecule has 3 rings (SSSR count). The van der Waals surface area contributed by atoms with Gasteiger partial charge in [-0.3, -0.25) is 4.79 Å². The molecule has 3 aromatic rings. The van der Waals surface area contributed by atoms with E-state index in [0.29, 0.717) is 6.07 Å². The number of aromatic nitrogens is 2. The van der Waals surface area contributed by atoms with Crippen LogP contribution in [0.25, 0.3) is 0 Å². The van der Waals surface area contributed by atoms with Gasteiger partial charge in [0.15, 0.2) is 5.69 Å². The number of halogens is 2. The fourth-order valence-electron chi connectivity index (χ4n) is 2.33. The van der Waals surface area contributed by atoms with Gasteiger partial charge in [0.1, 0.15) is 11.6 Å². The van der Waals surface area contributed by atoms with Gasteiger partial charge in [0.25, 0.3) is 5.91 Å². The molecule has 7 nitrogen and oxygen atoms in total. The number of nitrogens with one attached hydrogen (secondary N) is 1. The van der Waals surface area contributed by atoms with Gasteiger partial charge in [0, 0.05) is 6.07 Å². The van der Waals surface area contributed by atoms with Crippen molar-refractivity contribution in [2.45, 2.75) is 6.54 Å². The van der Waals surface area contributed by atoms with Crippen molar-refractivity contribution in [3.8, 4) is 0 Å². The highest BCUT2D eigenvalue weighted by Crippen LogP contribution is 2.19. The quantitative estimate of drug-likeness (QED) is 0.559. The monoisotopic (exact) mass is 358 g/mol. The Hall–Kier alpha value is -3.62. The third-order valence-electron chi connectivity index (χ3n) is 3.54. The van der Waals surface area contributed by atoms with E-state index >= 15 is 0 Å². The van der Waals surface area contributed by atoms with Crippen molar-refractivity contribution < 1.29 is 18.5 Å². The highest BCUT2D eigenvalue weighted by molar-refractivity contribution is 6.03. The molecule has 0 spiro atoms. The molecule has 1 heterocycles. The molecule has 1 N–H and O–H groups in total. The number of carbonyl (C=O) groups is 1. The van der Waals surface area contributed by atoms with E-state index in [2.05, 4.69) is 10.4 Å². The Kier molecular flexibility index (Phi) is 4.70. The SMILES string of the molecule is O=C(Nc1ccc(F)cc1F)c1cc([N+](=O)[O-])nn1Cc1ccccc1. The highest BCUT2D eigenvalue weighted by Gasteiger charge is 2.24. The van der Waals surface area contributed by atoms with E-state index in [9.17, 15) is 23.7 Å². The maximum atomic E-state index is 13.7. The van der Waals surface area contributed by atoms with Crippen LogP contribution in [-0.2, 0) is 6.54 Å². The number of amides is 1. The average molecular weight is 358 g/mol. The summed E-state index contributed by atoms with van der Waals surface area (Å²) in [7, 11) is 0. The van der Waals surface area contributed by atoms with Gasteiger partial charge in [-0.25, -0.2) is 8.78 Å². The minimum absolute atomic E-state index is 0.114. The van der Waals surface area contributed by atoms with Gasteiger partial charge in [-0.2, -0.15) is 4.68 Å². The Bertz CT molecular complexity index is 973. The molecule has 1 amide bonds. The summed E-state index contributed by atoms with van der Waals surface area (Å²) in [6, 6.07) is 12.6. The van der Waals surface area contributed by atoms with Crippen LogP contribution in [-0.4, -0.2) is 20.6 Å². The van der Waals surface area contributed by atoms with Crippen molar-refractivity contribution in [2.75, 3.05) is 5.32 Å². The number of nitrogens with zero attached hydrogens (tertiary/aromatic N) is 3. The van der Waals surface area contributed by atoms with E-state index < -0.39 is 28.3 Å². The first kappa shape index (κ1) is 17.2. The van der Waals surface area contributed by atoms with Crippen molar-refractivity contribution in [1.82, 2.24) is 9.78 Å². The van der Waals surface area contributed by atoms with Gasteiger partial charge in [0.05, 0.1) is 23.4 Å². The van der Waals surface area contributed by atoms with Crippen LogP contribution in [0.2, 0.25) is 0 Å². The summed E-state index contributed by atoms with van der Waals surface area (Å²) in [4.78, 5) is 22.7. The van der Waals surface area contributed by atoms with Crippen LogP contribution >= 0.6 is 0 Å². The summed E-state index contributed by atoms with van der Waals surface area (Å²) < 4.78 is 27.8. The van der Waals surface area contributed by atoms with Gasteiger partial charge < -0.3 is 15.4 Å². The Labute approximate surface area is 146 Å². The number of hydrogen-bond donors (Lipinski definition) is 1. The predicted molar refractivity (Wildman–Crippen MR) is 88.7 cm³/mol. The number of nitro groups is 1. The zero-order chi connectivity index (χ0) is 18.7. The molecular formula is C17H12F2N4O3. The Morgan fingerprint density at radius 2 is 1.88 bits per heavy atom. The van der Waals surface area contributed by atoms with E-state index in [0.717, 1.165) is 28.4 Å². The fourth-order valence-corrected chi connectivity index (χ4v) is 2.33. The van der Waals surface area contributed by atoms with Crippen molar-refractivity contribution >= 4 is 17.4 Å². The summed E-state index contributed by atoms with van der Waals surface area (Å²) in [5.74, 6) is -3.05. The number of carbonyl (C=O) groups excluding carboxylic acids is 1. The first-order valence-corrected chi connectivity index (χ1v) is 7.46. The largest absolute Gasteiger partial charge is 0.390 e. The maximum Gasteiger partial charge on any atom is 0.390 e. The van der Waals surface area contributed by atoms with Crippen molar-refractivity contribution in [3.05, 3.63) is 87.6 Å². The minimum Gasteiger partial charge on any atom is -0.358 e. The third kappa shape index (κ3) is 3.72. The molecule has 2 aromatic carbocycles. The van der Waals surface area contributed by atoms with E-state index in [1.807, 2.05) is 0 Å². The van der Waals surface area contributed by atoms with Crippen LogP contribution in [0.5, 0.6) is 0 Å². The molecule has 0 aliphatic heterocycles. The van der Waals surface area contributed by atoms with E-state index in [1.54, 1.807) is 30.3 Å². The smallest absolute Gasteiger partial charge is 0.358 e. The van der Waals surface area contributed by atoms with Gasteiger partial charge in [-0.1, -0.05) is 30.3 Å². The van der Waals surface area contributed by atoms with Gasteiger partial charge in [0.2, 0.25) is 0 Å². The molecule has 132 valence electrons. The van der Waals surface area contributed by atoms with Crippen molar-refractivity contribution in [2.24, 2.45) is 0 Å². The van der Waals surface area contributed by atoms with Crippen molar-refractivity contribution in [3.63, 3.8) is 0 Å². The van der Waals surface area contributed by atoms with Gasteiger partial charge >= 0.3 is 5.82 Å². The van der Waals surface area contributed by atoms with Crippen LogP contribution in [0.4, 0.5) is 20.3 Å². The zero-order valence-corrected chi connectivity index (χ0v) is 13.2. The van der Waals surface area contributed by atoms with E-state index in [-0.39, 0.29) is 17.9 Å². The summed E-state index contributed by atoms with van der Waals surface area (Å²) in [5, 5.41) is 17.1. The molecular weight excluding hydrogens is 346 g/mol. The molecule has 0 bridgehead atoms. The summed E-state index contributed by atoms with van der Waals surface area (Å²) in [6.45, 7) is 0.114. The Morgan fingerprint density at radius 3 is 2.54 bits per heavy atom. The lowest BCUT2D eigenvalue weighted by molar-refractivity contribution is -0.389. The second-order valence-corrected chi connectivity index (χ2v) is 5.37. The van der Waals surface area contributed by atoms with Crippen LogP contribution < -0.4 is 5.32 Å². The molecule has 26 heavy (non-hydrogen) atoms. The van der Waals surface area contributed by atoms with Crippen LogP contribution in [0, 0.1) is 21.7 Å². The third-order valence-corrected chi connectivity index (χ3v) is 3.54. The molecule has 0 radical (unpaired) electrons. The van der Waals surface area contributed by atoms with E-state index in [1.165, 1.54) is 0 Å². The van der Waals surface area contributed by atoms with E-state index in [4.69, 9.17) is 0 Å². The highest BCUT2D eigenvalue weighted by atomic mass is 19.1. The van der Waals surface area contributed by atoms with Crippen molar-refractivity contribution in [1.29, 1.82) is 0 Å². The fraction of sp³-hybridized carbons (Fsp3) is 0.0588. The second-order valence-electron chi connectivity index (χ2n) is 5.37. The molecule has 1 aromatic heterocycles. The minimum atomic E-state index is -0.957. The molecule has 0 unspecified atom stereocenters. The maximum absolute atomic E-state index is 13.7. The molecule has 0 aliphatic carbocycles. The summed E-state index contributed by atoms with van der Waals surface area (Å²) in [6.07, 6.45) is 0. The molecule has 0 fully saturated rings. The van der Waals surface area contributed by atoms with Crippen LogP contribution in [0.3, 0.4) is 0 Å². The number of benzene rings is 2. The normalized spacial score (nSPS) is 10.5. The standard InChI is InChI=1S/C17H12F2N4O3/c18-12-6-7-14(13(19)8-12)20-17(24)15-9-16(23(25)26)21-22(15)10-11-4-2-1-3-5-11/h1-9H,10H2,(H,20,24). The zero-order valence-electron chi connectivity index (χ0n) is 13.2. The first-order valence-electron chi connectivity index (χ1n) is 7.46. The second kappa shape index (κ2) is 7.09. The molecule has 9 heteroatoms. The Morgan fingerprint density at radius 1 is 1.15 bits per heavy atom.